The van der Waals surface area contributed by atoms with E-state index in [0.29, 0.717) is 12.1 Å². The number of hydrogen-bond acceptors (Lipinski definition) is 1. The van der Waals surface area contributed by atoms with Gasteiger partial charge in [0.2, 0.25) is 0 Å². The maximum absolute atomic E-state index is 12.5. The Morgan fingerprint density at radius 1 is 1.12 bits per heavy atom. The number of piperidine rings is 1. The molecule has 1 saturated heterocycles. The molecule has 17 heavy (non-hydrogen) atoms. The quantitative estimate of drug-likeness (QED) is 0.739. The Bertz CT molecular complexity index is 289. The van der Waals surface area contributed by atoms with Crippen LogP contribution in [0.15, 0.2) is 0 Å². The molecule has 3 rings (SSSR count). The molecule has 0 aromatic carbocycles. The van der Waals surface area contributed by atoms with Crippen LogP contribution in [-0.2, 0) is 0 Å². The third kappa shape index (κ3) is 2.75. The van der Waals surface area contributed by atoms with Crippen molar-refractivity contribution in [2.75, 3.05) is 19.6 Å². The Morgan fingerprint density at radius 3 is 2.29 bits per heavy atom. The van der Waals surface area contributed by atoms with Crippen molar-refractivity contribution in [3.8, 4) is 0 Å². The predicted octanol–water partition coefficient (Wildman–Crippen LogP) is 2.71. The summed E-state index contributed by atoms with van der Waals surface area (Å²) in [7, 11) is 0. The highest BCUT2D eigenvalue weighted by molar-refractivity contribution is 5.75. The second-order valence-electron chi connectivity index (χ2n) is 6.28. The molecule has 3 nitrogen and oxygen atoms in total. The SMILES string of the molecule is CC1CCN(C(=O)N(CC2CC2)C2CC2)CC1. The van der Waals surface area contributed by atoms with E-state index in [1.807, 2.05) is 0 Å². The number of amides is 2. The van der Waals surface area contributed by atoms with Crippen molar-refractivity contribution >= 4 is 6.03 Å². The summed E-state index contributed by atoms with van der Waals surface area (Å²) in [6.45, 7) is 5.29. The number of carbonyl (C=O) groups is 1. The number of urea groups is 1. The van der Waals surface area contributed by atoms with E-state index in [1.54, 1.807) is 0 Å². The smallest absolute Gasteiger partial charge is 0.320 e. The fourth-order valence-corrected chi connectivity index (χ4v) is 2.73. The van der Waals surface area contributed by atoms with Gasteiger partial charge in [-0.05, 0) is 50.4 Å². The third-order valence-corrected chi connectivity index (χ3v) is 4.44. The highest BCUT2D eigenvalue weighted by Gasteiger charge is 2.38. The molecule has 0 unspecified atom stereocenters. The summed E-state index contributed by atoms with van der Waals surface area (Å²) < 4.78 is 0. The van der Waals surface area contributed by atoms with Gasteiger partial charge >= 0.3 is 6.03 Å². The Kier molecular flexibility index (Phi) is 3.01. The summed E-state index contributed by atoms with van der Waals surface area (Å²) in [5, 5.41) is 0. The van der Waals surface area contributed by atoms with E-state index in [2.05, 4.69) is 16.7 Å². The van der Waals surface area contributed by atoms with Crippen molar-refractivity contribution in [1.82, 2.24) is 9.80 Å². The lowest BCUT2D eigenvalue weighted by molar-refractivity contribution is 0.130. The molecule has 0 N–H and O–H groups in total. The summed E-state index contributed by atoms with van der Waals surface area (Å²) in [6, 6.07) is 0.925. The van der Waals surface area contributed by atoms with E-state index in [9.17, 15) is 4.79 Å². The Hall–Kier alpha value is -0.730. The average Bonchev–Trinajstić information content (AvgIpc) is 3.18. The molecule has 2 aliphatic carbocycles. The predicted molar refractivity (Wildman–Crippen MR) is 67.8 cm³/mol. The molecular formula is C14H24N2O. The number of carbonyl (C=O) groups excluding carboxylic acids is 1. The first kappa shape index (κ1) is 11.4. The van der Waals surface area contributed by atoms with Crippen LogP contribution >= 0.6 is 0 Å². The molecule has 0 radical (unpaired) electrons. The Balaban J connectivity index is 1.57. The van der Waals surface area contributed by atoms with E-state index >= 15 is 0 Å². The molecule has 3 fully saturated rings. The molecule has 0 aromatic rings. The minimum Gasteiger partial charge on any atom is -0.325 e. The minimum atomic E-state index is 0.339. The zero-order valence-electron chi connectivity index (χ0n) is 10.9. The summed E-state index contributed by atoms with van der Waals surface area (Å²) in [5.74, 6) is 1.63. The van der Waals surface area contributed by atoms with E-state index in [-0.39, 0.29) is 0 Å². The lowest BCUT2D eigenvalue weighted by atomic mass is 9.99. The van der Waals surface area contributed by atoms with Crippen LogP contribution in [0.5, 0.6) is 0 Å². The van der Waals surface area contributed by atoms with Gasteiger partial charge in [0, 0.05) is 25.7 Å². The van der Waals surface area contributed by atoms with E-state index in [4.69, 9.17) is 0 Å². The molecule has 2 amide bonds. The van der Waals surface area contributed by atoms with Gasteiger partial charge in [0.25, 0.3) is 0 Å². The van der Waals surface area contributed by atoms with Gasteiger partial charge in [-0.2, -0.15) is 0 Å². The fourth-order valence-electron chi connectivity index (χ4n) is 2.73. The summed E-state index contributed by atoms with van der Waals surface area (Å²) in [4.78, 5) is 16.8. The van der Waals surface area contributed by atoms with Crippen LogP contribution in [-0.4, -0.2) is 41.5 Å². The summed E-state index contributed by atoms with van der Waals surface area (Å²) >= 11 is 0. The van der Waals surface area contributed by atoms with Crippen molar-refractivity contribution in [2.45, 2.75) is 51.5 Å². The van der Waals surface area contributed by atoms with Gasteiger partial charge in [0.15, 0.2) is 0 Å². The topological polar surface area (TPSA) is 23.6 Å². The van der Waals surface area contributed by atoms with E-state index in [1.165, 1.54) is 38.5 Å². The second-order valence-corrected chi connectivity index (χ2v) is 6.28. The van der Waals surface area contributed by atoms with Gasteiger partial charge in [-0.3, -0.25) is 0 Å². The molecular weight excluding hydrogens is 212 g/mol. The van der Waals surface area contributed by atoms with Crippen molar-refractivity contribution < 1.29 is 4.79 Å². The zero-order valence-corrected chi connectivity index (χ0v) is 10.9. The third-order valence-electron chi connectivity index (χ3n) is 4.44. The minimum absolute atomic E-state index is 0.339. The first-order valence-corrected chi connectivity index (χ1v) is 7.29. The van der Waals surface area contributed by atoms with Gasteiger partial charge < -0.3 is 9.80 Å². The second kappa shape index (κ2) is 4.51. The fraction of sp³-hybridized carbons (Fsp3) is 0.929. The first-order valence-electron chi connectivity index (χ1n) is 7.29. The highest BCUT2D eigenvalue weighted by atomic mass is 16.2. The Morgan fingerprint density at radius 2 is 1.76 bits per heavy atom. The van der Waals surface area contributed by atoms with Crippen LogP contribution in [0.1, 0.15) is 45.4 Å². The Labute approximate surface area is 104 Å². The molecule has 0 spiro atoms. The van der Waals surface area contributed by atoms with Crippen molar-refractivity contribution in [2.24, 2.45) is 11.8 Å². The lowest BCUT2D eigenvalue weighted by Crippen LogP contribution is -2.48. The van der Waals surface area contributed by atoms with Gasteiger partial charge in [-0.1, -0.05) is 6.92 Å². The molecule has 0 atom stereocenters. The molecule has 2 saturated carbocycles. The van der Waals surface area contributed by atoms with Gasteiger partial charge in [0.05, 0.1) is 0 Å². The maximum atomic E-state index is 12.5. The number of hydrogen-bond donors (Lipinski definition) is 0. The zero-order chi connectivity index (χ0) is 11.8. The van der Waals surface area contributed by atoms with Gasteiger partial charge in [0.1, 0.15) is 0 Å². The molecule has 1 aliphatic heterocycles. The molecule has 3 aliphatic rings. The van der Waals surface area contributed by atoms with Crippen molar-refractivity contribution in [3.05, 3.63) is 0 Å². The van der Waals surface area contributed by atoms with Crippen molar-refractivity contribution in [1.29, 1.82) is 0 Å². The summed E-state index contributed by atoms with van der Waals surface area (Å²) in [6.07, 6.45) is 7.54. The highest BCUT2D eigenvalue weighted by Crippen LogP contribution is 2.35. The van der Waals surface area contributed by atoms with Gasteiger partial charge in [-0.15, -0.1) is 0 Å². The number of nitrogens with zero attached hydrogens (tertiary/aromatic N) is 2. The largest absolute Gasteiger partial charge is 0.325 e. The molecule has 0 aromatic heterocycles. The number of likely N-dealkylation sites (tertiary alicyclic amines) is 1. The van der Waals surface area contributed by atoms with Crippen LogP contribution in [0.25, 0.3) is 0 Å². The standard InChI is InChI=1S/C14H24N2O/c1-11-6-8-15(9-7-11)14(17)16(13-4-5-13)10-12-2-3-12/h11-13H,2-10H2,1H3. The van der Waals surface area contributed by atoms with E-state index < -0.39 is 0 Å². The summed E-state index contributed by atoms with van der Waals surface area (Å²) in [5.41, 5.74) is 0. The first-order chi connectivity index (χ1) is 8.24. The normalized spacial score (nSPS) is 26.1. The van der Waals surface area contributed by atoms with Crippen LogP contribution in [0.4, 0.5) is 4.79 Å². The molecule has 3 heteroatoms. The van der Waals surface area contributed by atoms with E-state index in [0.717, 1.165) is 31.5 Å². The van der Waals surface area contributed by atoms with Gasteiger partial charge in [-0.25, -0.2) is 4.79 Å². The van der Waals surface area contributed by atoms with Crippen LogP contribution < -0.4 is 0 Å². The monoisotopic (exact) mass is 236 g/mol. The average molecular weight is 236 g/mol. The number of rotatable bonds is 3. The van der Waals surface area contributed by atoms with Crippen molar-refractivity contribution in [3.63, 3.8) is 0 Å². The van der Waals surface area contributed by atoms with Crippen LogP contribution in [0.2, 0.25) is 0 Å². The van der Waals surface area contributed by atoms with Crippen LogP contribution in [0.3, 0.4) is 0 Å². The molecule has 96 valence electrons. The molecule has 0 bridgehead atoms. The maximum Gasteiger partial charge on any atom is 0.320 e. The van der Waals surface area contributed by atoms with Crippen LogP contribution in [0, 0.1) is 11.8 Å². The lowest BCUT2D eigenvalue weighted by Gasteiger charge is -2.35. The molecule has 1 heterocycles.